The molecule has 1 aromatic rings. The van der Waals surface area contributed by atoms with Crippen LogP contribution in [0.4, 0.5) is 0 Å². The number of piperazine rings is 1. The van der Waals surface area contributed by atoms with Crippen LogP contribution in [-0.4, -0.2) is 54.7 Å². The summed E-state index contributed by atoms with van der Waals surface area (Å²) in [6, 6.07) is 5.15. The summed E-state index contributed by atoms with van der Waals surface area (Å²) >= 11 is 1.88. The fraction of sp³-hybridized carbons (Fsp3) is 0.750. The van der Waals surface area contributed by atoms with Crippen LogP contribution in [-0.2, 0) is 11.3 Å². The first-order valence-corrected chi connectivity index (χ1v) is 8.85. The number of thiophene rings is 1. The molecule has 20 heavy (non-hydrogen) atoms. The van der Waals surface area contributed by atoms with Crippen molar-refractivity contribution >= 4 is 11.3 Å². The van der Waals surface area contributed by atoms with Gasteiger partial charge in [0.2, 0.25) is 0 Å². The highest BCUT2D eigenvalue weighted by atomic mass is 32.1. The zero-order valence-electron chi connectivity index (χ0n) is 12.0. The van der Waals surface area contributed by atoms with Gasteiger partial charge in [0.05, 0.1) is 6.10 Å². The van der Waals surface area contributed by atoms with E-state index in [-0.39, 0.29) is 0 Å². The maximum atomic E-state index is 6.10. The lowest BCUT2D eigenvalue weighted by Crippen LogP contribution is -2.49. The molecule has 0 unspecified atom stereocenters. The molecule has 0 radical (unpaired) electrons. The number of fused-ring (bicyclic) bond motifs is 1. The third kappa shape index (κ3) is 3.08. The van der Waals surface area contributed by atoms with Crippen molar-refractivity contribution in [3.8, 4) is 0 Å². The van der Waals surface area contributed by atoms with E-state index in [1.807, 2.05) is 11.3 Å². The normalized spacial score (nSPS) is 31.6. The van der Waals surface area contributed by atoms with Gasteiger partial charge in [0.25, 0.3) is 0 Å². The summed E-state index contributed by atoms with van der Waals surface area (Å²) in [6.07, 6.45) is 4.54. The molecule has 0 spiro atoms. The Morgan fingerprint density at radius 2 is 2.20 bits per heavy atom. The first kappa shape index (κ1) is 13.3. The Labute approximate surface area is 125 Å². The lowest BCUT2D eigenvalue weighted by atomic mass is 10.1. The first-order chi connectivity index (χ1) is 9.87. The Kier molecular flexibility index (Phi) is 3.82. The van der Waals surface area contributed by atoms with Crippen LogP contribution in [0.5, 0.6) is 0 Å². The maximum absolute atomic E-state index is 6.10. The summed E-state index contributed by atoms with van der Waals surface area (Å²) in [6.45, 7) is 6.98. The second kappa shape index (κ2) is 5.76. The van der Waals surface area contributed by atoms with Crippen molar-refractivity contribution in [2.45, 2.75) is 38.0 Å². The Morgan fingerprint density at radius 1 is 1.25 bits per heavy atom. The molecule has 110 valence electrons. The standard InChI is InChI=1S/C16H24N2OS/c1-2-16(20-7-1)11-17-5-6-18-10-15(8-14(18)9-17)19-12-13-3-4-13/h1-2,7,13-15H,3-6,8-12H2/t14-,15-/m0/s1. The number of ether oxygens (including phenoxy) is 1. The number of nitrogens with zero attached hydrogens (tertiary/aromatic N) is 2. The third-order valence-corrected chi connectivity index (χ3v) is 5.75. The highest BCUT2D eigenvalue weighted by Crippen LogP contribution is 2.31. The molecule has 0 amide bonds. The zero-order chi connectivity index (χ0) is 13.4. The molecule has 3 nitrogen and oxygen atoms in total. The van der Waals surface area contributed by atoms with Crippen LogP contribution < -0.4 is 0 Å². The molecule has 0 aromatic carbocycles. The Morgan fingerprint density at radius 3 is 3.00 bits per heavy atom. The minimum atomic E-state index is 0.502. The number of hydrogen-bond acceptors (Lipinski definition) is 4. The second-order valence-corrected chi connectivity index (χ2v) is 7.63. The molecule has 2 saturated heterocycles. The smallest absolute Gasteiger partial charge is 0.0717 e. The average Bonchev–Trinajstić information content (AvgIpc) is 2.97. The van der Waals surface area contributed by atoms with Crippen molar-refractivity contribution in [3.05, 3.63) is 22.4 Å². The van der Waals surface area contributed by atoms with Gasteiger partial charge in [-0.25, -0.2) is 0 Å². The van der Waals surface area contributed by atoms with Gasteiger partial charge in [0.15, 0.2) is 0 Å². The second-order valence-electron chi connectivity index (χ2n) is 6.60. The van der Waals surface area contributed by atoms with Gasteiger partial charge >= 0.3 is 0 Å². The van der Waals surface area contributed by atoms with Crippen LogP contribution >= 0.6 is 11.3 Å². The van der Waals surface area contributed by atoms with E-state index in [1.165, 1.54) is 50.3 Å². The summed E-state index contributed by atoms with van der Waals surface area (Å²) in [4.78, 5) is 6.77. The van der Waals surface area contributed by atoms with E-state index < -0.39 is 0 Å². The molecular formula is C16H24N2OS. The molecule has 1 aliphatic carbocycles. The Hall–Kier alpha value is -0.420. The predicted octanol–water partition coefficient (Wildman–Crippen LogP) is 2.43. The van der Waals surface area contributed by atoms with E-state index in [0.717, 1.165) is 25.1 Å². The molecule has 4 heteroatoms. The van der Waals surface area contributed by atoms with Crippen LogP contribution in [0.25, 0.3) is 0 Å². The van der Waals surface area contributed by atoms with Crippen LogP contribution in [0.3, 0.4) is 0 Å². The van der Waals surface area contributed by atoms with Gasteiger partial charge in [0, 0.05) is 50.2 Å². The molecule has 0 bridgehead atoms. The molecule has 2 aliphatic heterocycles. The third-order valence-electron chi connectivity index (χ3n) is 4.89. The fourth-order valence-corrected chi connectivity index (χ4v) is 4.25. The van der Waals surface area contributed by atoms with Gasteiger partial charge in [-0.2, -0.15) is 0 Å². The lowest BCUT2D eigenvalue weighted by molar-refractivity contribution is 0.0508. The van der Waals surface area contributed by atoms with Crippen molar-refractivity contribution in [2.24, 2.45) is 5.92 Å². The summed E-state index contributed by atoms with van der Waals surface area (Å²) in [5.74, 6) is 0.892. The summed E-state index contributed by atoms with van der Waals surface area (Å²) < 4.78 is 6.10. The van der Waals surface area contributed by atoms with E-state index in [1.54, 1.807) is 0 Å². The first-order valence-electron chi connectivity index (χ1n) is 7.97. The molecule has 2 atom stereocenters. The monoisotopic (exact) mass is 292 g/mol. The summed E-state index contributed by atoms with van der Waals surface area (Å²) in [7, 11) is 0. The van der Waals surface area contributed by atoms with E-state index in [4.69, 9.17) is 4.74 Å². The highest BCUT2D eigenvalue weighted by Gasteiger charge is 2.37. The van der Waals surface area contributed by atoms with Crippen molar-refractivity contribution < 1.29 is 4.74 Å². The minimum absolute atomic E-state index is 0.502. The molecule has 1 saturated carbocycles. The molecule has 3 fully saturated rings. The van der Waals surface area contributed by atoms with Crippen molar-refractivity contribution in [2.75, 3.05) is 32.8 Å². The van der Waals surface area contributed by atoms with Gasteiger partial charge < -0.3 is 4.74 Å². The molecule has 1 aromatic heterocycles. The van der Waals surface area contributed by atoms with Crippen LogP contribution in [0, 0.1) is 5.92 Å². The SMILES string of the molecule is c1csc(CN2CCN3C[C@@H](OCC4CC4)C[C@H]3C2)c1. The van der Waals surface area contributed by atoms with E-state index in [0.29, 0.717) is 6.10 Å². The van der Waals surface area contributed by atoms with Gasteiger partial charge in [-0.1, -0.05) is 6.07 Å². The topological polar surface area (TPSA) is 15.7 Å². The maximum Gasteiger partial charge on any atom is 0.0717 e. The van der Waals surface area contributed by atoms with Crippen LogP contribution in [0.15, 0.2) is 17.5 Å². The fourth-order valence-electron chi connectivity index (χ4n) is 3.50. The molecule has 3 heterocycles. The number of rotatable bonds is 5. The largest absolute Gasteiger partial charge is 0.377 e. The van der Waals surface area contributed by atoms with Crippen molar-refractivity contribution in [1.29, 1.82) is 0 Å². The quantitative estimate of drug-likeness (QED) is 0.829. The summed E-state index contributed by atoms with van der Waals surface area (Å²) in [5.41, 5.74) is 0. The van der Waals surface area contributed by atoms with Crippen LogP contribution in [0.2, 0.25) is 0 Å². The minimum Gasteiger partial charge on any atom is -0.377 e. The van der Waals surface area contributed by atoms with Gasteiger partial charge in [-0.05, 0) is 36.6 Å². The van der Waals surface area contributed by atoms with E-state index >= 15 is 0 Å². The van der Waals surface area contributed by atoms with Crippen molar-refractivity contribution in [1.82, 2.24) is 9.80 Å². The van der Waals surface area contributed by atoms with E-state index in [2.05, 4.69) is 27.3 Å². The Balaban J connectivity index is 1.28. The lowest BCUT2D eigenvalue weighted by Gasteiger charge is -2.37. The number of hydrogen-bond donors (Lipinski definition) is 0. The van der Waals surface area contributed by atoms with Crippen LogP contribution in [0.1, 0.15) is 24.1 Å². The summed E-state index contributed by atoms with van der Waals surface area (Å²) in [5, 5.41) is 2.18. The molecular weight excluding hydrogens is 268 g/mol. The average molecular weight is 292 g/mol. The van der Waals surface area contributed by atoms with Gasteiger partial charge in [0.1, 0.15) is 0 Å². The van der Waals surface area contributed by atoms with Crippen molar-refractivity contribution in [3.63, 3.8) is 0 Å². The Bertz CT molecular complexity index is 432. The zero-order valence-corrected chi connectivity index (χ0v) is 12.9. The van der Waals surface area contributed by atoms with Gasteiger partial charge in [-0.15, -0.1) is 11.3 Å². The molecule has 0 N–H and O–H groups in total. The molecule has 3 aliphatic rings. The van der Waals surface area contributed by atoms with Gasteiger partial charge in [-0.3, -0.25) is 9.80 Å². The van der Waals surface area contributed by atoms with E-state index in [9.17, 15) is 0 Å². The predicted molar refractivity (Wildman–Crippen MR) is 82.0 cm³/mol. The highest BCUT2D eigenvalue weighted by molar-refractivity contribution is 7.09. The molecule has 4 rings (SSSR count).